The van der Waals surface area contributed by atoms with Gasteiger partial charge in [0.2, 0.25) is 5.91 Å². The molecule has 3 rings (SSSR count). The van der Waals surface area contributed by atoms with Crippen molar-refractivity contribution in [2.75, 3.05) is 19.4 Å². The van der Waals surface area contributed by atoms with Crippen molar-refractivity contribution < 1.29 is 24.5 Å². The lowest BCUT2D eigenvalue weighted by molar-refractivity contribution is -0.148. The number of thioether (sulfide) groups is 1. The fraction of sp³-hybridized carbons (Fsp3) is 0.955. The van der Waals surface area contributed by atoms with Crippen molar-refractivity contribution in [2.45, 2.75) is 93.8 Å². The monoisotopic (exact) mass is 478 g/mol. The van der Waals surface area contributed by atoms with Crippen LogP contribution in [0.1, 0.15) is 46.5 Å². The van der Waals surface area contributed by atoms with Crippen LogP contribution in [0.5, 0.6) is 0 Å². The number of amides is 1. The van der Waals surface area contributed by atoms with Crippen LogP contribution in [0.15, 0.2) is 0 Å². The summed E-state index contributed by atoms with van der Waals surface area (Å²) in [6.07, 6.45) is 2.88. The standard InChI is InChI=1S/C22H39ClN2O5S/c1-11(2)7-13-5-6-29-20-14(8-13)10-24-18(20)21(28)25-17(12(3)23)16-9-15(26)19(27)22(30-16)31-4/h11-20,22,24,26-27H,5-10H2,1-4H3,(H,25,28)/t12-,13+,14-,15+,16-,17+,18-,19+,20+,22?/m0/s1. The summed E-state index contributed by atoms with van der Waals surface area (Å²) in [6.45, 7) is 7.78. The van der Waals surface area contributed by atoms with E-state index < -0.39 is 41.2 Å². The Morgan fingerprint density at radius 3 is 2.68 bits per heavy atom. The number of halogens is 1. The molecule has 3 aliphatic rings. The fourth-order valence-corrected chi connectivity index (χ4v) is 6.26. The molecular formula is C22H39ClN2O5S. The maximum atomic E-state index is 13.2. The number of hydrogen-bond acceptors (Lipinski definition) is 7. The first kappa shape index (κ1) is 25.5. The van der Waals surface area contributed by atoms with Crippen molar-refractivity contribution in [3.8, 4) is 0 Å². The van der Waals surface area contributed by atoms with E-state index in [0.717, 1.165) is 19.4 Å². The molecule has 0 radical (unpaired) electrons. The van der Waals surface area contributed by atoms with Gasteiger partial charge in [0.05, 0.1) is 29.7 Å². The first-order valence-electron chi connectivity index (χ1n) is 11.5. The molecule has 31 heavy (non-hydrogen) atoms. The molecule has 0 aromatic heterocycles. The van der Waals surface area contributed by atoms with Crippen LogP contribution >= 0.6 is 23.4 Å². The number of aliphatic hydroxyl groups excluding tert-OH is 2. The summed E-state index contributed by atoms with van der Waals surface area (Å²) in [6, 6.07) is -0.901. The van der Waals surface area contributed by atoms with E-state index in [1.807, 2.05) is 13.2 Å². The first-order chi connectivity index (χ1) is 14.7. The third kappa shape index (κ3) is 6.28. The highest BCUT2D eigenvalue weighted by Crippen LogP contribution is 2.34. The minimum atomic E-state index is -0.955. The van der Waals surface area contributed by atoms with Gasteiger partial charge < -0.3 is 30.3 Å². The molecule has 3 aliphatic heterocycles. The van der Waals surface area contributed by atoms with Crippen LogP contribution < -0.4 is 10.6 Å². The first-order valence-corrected chi connectivity index (χ1v) is 13.3. The van der Waals surface area contributed by atoms with Gasteiger partial charge in [-0.3, -0.25) is 4.79 Å². The predicted molar refractivity (Wildman–Crippen MR) is 123 cm³/mol. The number of rotatable bonds is 7. The van der Waals surface area contributed by atoms with Crippen molar-refractivity contribution in [3.05, 3.63) is 0 Å². The molecule has 7 nitrogen and oxygen atoms in total. The molecule has 9 heteroatoms. The lowest BCUT2D eigenvalue weighted by Crippen LogP contribution is -2.59. The third-order valence-electron chi connectivity index (χ3n) is 6.85. The predicted octanol–water partition coefficient (Wildman–Crippen LogP) is 1.73. The number of fused-ring (bicyclic) bond motifs is 1. The second kappa shape index (κ2) is 11.4. The second-order valence-electron chi connectivity index (χ2n) is 9.79. The highest BCUT2D eigenvalue weighted by atomic mass is 35.5. The molecule has 3 saturated heterocycles. The van der Waals surface area contributed by atoms with Crippen LogP contribution in [0, 0.1) is 17.8 Å². The van der Waals surface area contributed by atoms with Crippen molar-refractivity contribution in [1.82, 2.24) is 10.6 Å². The van der Waals surface area contributed by atoms with Crippen molar-refractivity contribution in [2.24, 2.45) is 17.8 Å². The summed E-state index contributed by atoms with van der Waals surface area (Å²) < 4.78 is 12.1. The van der Waals surface area contributed by atoms with Gasteiger partial charge in [-0.25, -0.2) is 0 Å². The van der Waals surface area contributed by atoms with Crippen molar-refractivity contribution in [1.29, 1.82) is 0 Å². The van der Waals surface area contributed by atoms with Gasteiger partial charge in [-0.1, -0.05) is 13.8 Å². The van der Waals surface area contributed by atoms with Crippen molar-refractivity contribution >= 4 is 29.3 Å². The SMILES string of the molecule is CSC1O[C@H]([C@H](NC(=O)[C@H]2NC[C@@H]3C[C@@H](CC(C)C)CCO[C@H]32)[C@H](C)Cl)C[C@@H](O)[C@H]1O. The Morgan fingerprint density at radius 1 is 1.29 bits per heavy atom. The van der Waals surface area contributed by atoms with E-state index in [1.165, 1.54) is 18.2 Å². The number of aliphatic hydroxyl groups is 2. The highest BCUT2D eigenvalue weighted by Gasteiger charge is 2.46. The number of nitrogens with one attached hydrogen (secondary N) is 2. The lowest BCUT2D eigenvalue weighted by atomic mass is 9.85. The molecule has 0 aromatic rings. The molecule has 3 heterocycles. The Labute approximate surface area is 195 Å². The summed E-state index contributed by atoms with van der Waals surface area (Å²) in [7, 11) is 0. The number of ether oxygens (including phenoxy) is 2. The average molecular weight is 479 g/mol. The van der Waals surface area contributed by atoms with E-state index in [1.54, 1.807) is 0 Å². The quantitative estimate of drug-likeness (QED) is 0.413. The number of hydrogen-bond donors (Lipinski definition) is 4. The van der Waals surface area contributed by atoms with E-state index >= 15 is 0 Å². The number of carbonyl (C=O) groups is 1. The third-order valence-corrected chi connectivity index (χ3v) is 7.97. The second-order valence-corrected chi connectivity index (χ2v) is 11.4. The van der Waals surface area contributed by atoms with Crippen LogP contribution in [-0.4, -0.2) is 82.8 Å². The fourth-order valence-electron chi connectivity index (χ4n) is 5.32. The minimum absolute atomic E-state index is 0.137. The molecule has 0 aromatic carbocycles. The summed E-state index contributed by atoms with van der Waals surface area (Å²) in [5.41, 5.74) is -0.555. The molecule has 180 valence electrons. The summed E-state index contributed by atoms with van der Waals surface area (Å²) in [5.74, 6) is 1.49. The molecule has 3 fully saturated rings. The smallest absolute Gasteiger partial charge is 0.240 e. The summed E-state index contributed by atoms with van der Waals surface area (Å²) >= 11 is 7.77. The zero-order valence-corrected chi connectivity index (χ0v) is 20.6. The van der Waals surface area contributed by atoms with Gasteiger partial charge in [0.1, 0.15) is 17.6 Å². The largest absolute Gasteiger partial charge is 0.390 e. The maximum absolute atomic E-state index is 13.2. The topological polar surface area (TPSA) is 100 Å². The van der Waals surface area contributed by atoms with Gasteiger partial charge >= 0.3 is 0 Å². The van der Waals surface area contributed by atoms with Crippen LogP contribution in [0.25, 0.3) is 0 Å². The van der Waals surface area contributed by atoms with E-state index in [0.29, 0.717) is 24.4 Å². The normalized spacial score (nSPS) is 40.8. The lowest BCUT2D eigenvalue weighted by Gasteiger charge is -2.41. The minimum Gasteiger partial charge on any atom is -0.390 e. The molecular weight excluding hydrogens is 440 g/mol. The van der Waals surface area contributed by atoms with Gasteiger partial charge in [-0.15, -0.1) is 23.4 Å². The van der Waals surface area contributed by atoms with Gasteiger partial charge in [-0.05, 0) is 50.2 Å². The van der Waals surface area contributed by atoms with Crippen molar-refractivity contribution in [3.63, 3.8) is 0 Å². The summed E-state index contributed by atoms with van der Waals surface area (Å²) in [5, 5.41) is 26.4. The molecule has 1 amide bonds. The van der Waals surface area contributed by atoms with Gasteiger partial charge in [0, 0.05) is 19.6 Å². The van der Waals surface area contributed by atoms with E-state index in [9.17, 15) is 15.0 Å². The van der Waals surface area contributed by atoms with E-state index in [2.05, 4.69) is 24.5 Å². The Bertz CT molecular complexity index is 598. The van der Waals surface area contributed by atoms with Crippen LogP contribution in [0.3, 0.4) is 0 Å². The zero-order valence-electron chi connectivity index (χ0n) is 19.0. The maximum Gasteiger partial charge on any atom is 0.240 e. The molecule has 0 aliphatic carbocycles. The van der Waals surface area contributed by atoms with E-state index in [-0.39, 0.29) is 18.4 Å². The molecule has 1 unspecified atom stereocenters. The van der Waals surface area contributed by atoms with Crippen LogP contribution in [-0.2, 0) is 14.3 Å². The number of carbonyl (C=O) groups excluding carboxylic acids is 1. The summed E-state index contributed by atoms with van der Waals surface area (Å²) in [4.78, 5) is 13.2. The van der Waals surface area contributed by atoms with Crippen LogP contribution in [0.4, 0.5) is 0 Å². The van der Waals surface area contributed by atoms with Gasteiger partial charge in [-0.2, -0.15) is 0 Å². The Morgan fingerprint density at radius 2 is 2.03 bits per heavy atom. The zero-order chi connectivity index (χ0) is 22.7. The number of alkyl halides is 1. The Kier molecular flexibility index (Phi) is 9.36. The molecule has 4 N–H and O–H groups in total. The van der Waals surface area contributed by atoms with Crippen LogP contribution in [0.2, 0.25) is 0 Å². The Balaban J connectivity index is 1.64. The highest BCUT2D eigenvalue weighted by molar-refractivity contribution is 7.99. The van der Waals surface area contributed by atoms with Gasteiger partial charge in [0.25, 0.3) is 0 Å². The molecule has 0 spiro atoms. The van der Waals surface area contributed by atoms with Gasteiger partial charge in [0.15, 0.2) is 0 Å². The van der Waals surface area contributed by atoms with E-state index in [4.69, 9.17) is 21.1 Å². The molecule has 10 atom stereocenters. The molecule has 0 bridgehead atoms. The molecule has 0 saturated carbocycles. The Hall–Kier alpha value is -0.0900. The average Bonchev–Trinajstić information content (AvgIpc) is 2.99.